The van der Waals surface area contributed by atoms with E-state index in [2.05, 4.69) is 5.32 Å². The molecule has 1 rings (SSSR count). The van der Waals surface area contributed by atoms with E-state index in [1.807, 2.05) is 0 Å². The quantitative estimate of drug-likeness (QED) is 0.565. The molecule has 0 aliphatic heterocycles. The van der Waals surface area contributed by atoms with Crippen molar-refractivity contribution in [2.75, 3.05) is 13.7 Å². The highest BCUT2D eigenvalue weighted by Gasteiger charge is 2.08. The Hall–Kier alpha value is -2.81. The first kappa shape index (κ1) is 14.3. The van der Waals surface area contributed by atoms with E-state index in [0.29, 0.717) is 11.3 Å². The van der Waals surface area contributed by atoms with Crippen molar-refractivity contribution in [3.63, 3.8) is 0 Å². The number of benzene rings is 1. The fraction of sp³-hybridized carbons (Fsp3) is 0.154. The van der Waals surface area contributed by atoms with E-state index < -0.39 is 18.4 Å². The predicted molar refractivity (Wildman–Crippen MR) is 64.6 cm³/mol. The van der Waals surface area contributed by atoms with E-state index in [-0.39, 0.29) is 5.57 Å². The fourth-order valence-corrected chi connectivity index (χ4v) is 1.26. The number of hydrogen-bond acceptors (Lipinski definition) is 5. The highest BCUT2D eigenvalue weighted by Crippen LogP contribution is 2.13. The molecule has 1 amide bonds. The van der Waals surface area contributed by atoms with E-state index in [1.54, 1.807) is 30.3 Å². The molecule has 0 fully saturated rings. The first-order chi connectivity index (χ1) is 9.06. The molecule has 6 heteroatoms. The van der Waals surface area contributed by atoms with Gasteiger partial charge in [0.1, 0.15) is 17.4 Å². The summed E-state index contributed by atoms with van der Waals surface area (Å²) in [5.74, 6) is -1.53. The van der Waals surface area contributed by atoms with Crippen LogP contribution < -0.4 is 15.2 Å². The number of rotatable bonds is 5. The maximum atomic E-state index is 11.5. The van der Waals surface area contributed by atoms with Gasteiger partial charge in [-0.1, -0.05) is 12.1 Å². The van der Waals surface area contributed by atoms with Crippen molar-refractivity contribution in [3.8, 4) is 11.8 Å². The van der Waals surface area contributed by atoms with Gasteiger partial charge in [-0.25, -0.2) is 0 Å². The Labute approximate surface area is 109 Å². The summed E-state index contributed by atoms with van der Waals surface area (Å²) in [4.78, 5) is 21.7. The number of hydrogen-bond donors (Lipinski definition) is 1. The van der Waals surface area contributed by atoms with Crippen molar-refractivity contribution in [2.24, 2.45) is 0 Å². The van der Waals surface area contributed by atoms with Gasteiger partial charge in [0.2, 0.25) is 0 Å². The Kier molecular flexibility index (Phi) is 5.11. The monoisotopic (exact) mass is 259 g/mol. The summed E-state index contributed by atoms with van der Waals surface area (Å²) >= 11 is 0. The van der Waals surface area contributed by atoms with Gasteiger partial charge in [-0.3, -0.25) is 4.79 Å². The van der Waals surface area contributed by atoms with Gasteiger partial charge in [-0.2, -0.15) is 5.26 Å². The number of carbonyl (C=O) groups excluding carboxylic acids is 2. The van der Waals surface area contributed by atoms with Crippen molar-refractivity contribution < 1.29 is 19.4 Å². The van der Waals surface area contributed by atoms with Crippen LogP contribution in [0.15, 0.2) is 29.8 Å². The zero-order valence-corrected chi connectivity index (χ0v) is 10.2. The molecular weight excluding hydrogens is 248 g/mol. The standard InChI is InChI=1S/C13H12N2O4/c1-19-11-4-2-9(3-5-11)6-10(7-14)13(18)15-8-12(16)17/h2-6H,8H2,1H3,(H,15,18)(H,16,17)/p-1/b10-6+. The molecule has 1 aromatic carbocycles. The molecule has 0 aromatic heterocycles. The van der Waals surface area contributed by atoms with E-state index in [1.165, 1.54) is 13.2 Å². The molecule has 0 aliphatic rings. The fourth-order valence-electron chi connectivity index (χ4n) is 1.26. The number of carboxylic acid groups (broad SMARTS) is 1. The van der Waals surface area contributed by atoms with Crippen molar-refractivity contribution in [1.82, 2.24) is 5.32 Å². The summed E-state index contributed by atoms with van der Waals surface area (Å²) < 4.78 is 4.98. The molecular formula is C13H11N2O4-. The number of nitriles is 1. The highest BCUT2D eigenvalue weighted by atomic mass is 16.5. The van der Waals surface area contributed by atoms with E-state index in [9.17, 15) is 14.7 Å². The second-order valence-corrected chi connectivity index (χ2v) is 3.50. The third-order valence-electron chi connectivity index (χ3n) is 2.19. The van der Waals surface area contributed by atoms with E-state index >= 15 is 0 Å². The Morgan fingerprint density at radius 1 is 1.42 bits per heavy atom. The molecule has 0 saturated heterocycles. The molecule has 6 nitrogen and oxygen atoms in total. The largest absolute Gasteiger partial charge is 0.548 e. The molecule has 0 bridgehead atoms. The highest BCUT2D eigenvalue weighted by molar-refractivity contribution is 6.02. The van der Waals surface area contributed by atoms with Crippen LogP contribution in [0.4, 0.5) is 0 Å². The Morgan fingerprint density at radius 2 is 2.05 bits per heavy atom. The van der Waals surface area contributed by atoms with Crippen molar-refractivity contribution in [3.05, 3.63) is 35.4 Å². The zero-order valence-electron chi connectivity index (χ0n) is 10.2. The summed E-state index contributed by atoms with van der Waals surface area (Å²) in [5, 5.41) is 21.1. The van der Waals surface area contributed by atoms with Crippen LogP contribution in [0.25, 0.3) is 6.08 Å². The number of nitrogens with zero attached hydrogens (tertiary/aromatic N) is 1. The van der Waals surface area contributed by atoms with Crippen LogP contribution in [0.2, 0.25) is 0 Å². The molecule has 1 N–H and O–H groups in total. The summed E-state index contributed by atoms with van der Waals surface area (Å²) in [6.45, 7) is -0.638. The second-order valence-electron chi connectivity index (χ2n) is 3.50. The summed E-state index contributed by atoms with van der Waals surface area (Å²) in [6, 6.07) is 8.41. The topological polar surface area (TPSA) is 102 Å². The van der Waals surface area contributed by atoms with Crippen molar-refractivity contribution in [1.29, 1.82) is 5.26 Å². The third kappa shape index (κ3) is 4.52. The lowest BCUT2D eigenvalue weighted by atomic mass is 10.1. The number of amides is 1. The molecule has 0 unspecified atom stereocenters. The average molecular weight is 259 g/mol. The molecule has 0 spiro atoms. The molecule has 98 valence electrons. The molecule has 0 atom stereocenters. The molecule has 1 aromatic rings. The van der Waals surface area contributed by atoms with Crippen LogP contribution in [0.5, 0.6) is 5.75 Å². The van der Waals surface area contributed by atoms with Gasteiger partial charge in [0.05, 0.1) is 19.6 Å². The third-order valence-corrected chi connectivity index (χ3v) is 2.19. The van der Waals surface area contributed by atoms with Gasteiger partial charge in [0.25, 0.3) is 5.91 Å². The van der Waals surface area contributed by atoms with Gasteiger partial charge < -0.3 is 20.0 Å². The molecule has 19 heavy (non-hydrogen) atoms. The van der Waals surface area contributed by atoms with Crippen LogP contribution in [0, 0.1) is 11.3 Å². The number of ether oxygens (including phenoxy) is 1. The Morgan fingerprint density at radius 3 is 2.53 bits per heavy atom. The predicted octanol–water partition coefficient (Wildman–Crippen LogP) is -0.532. The smallest absolute Gasteiger partial charge is 0.262 e. The minimum atomic E-state index is -1.42. The molecule has 0 saturated carbocycles. The minimum absolute atomic E-state index is 0.189. The average Bonchev–Trinajstić information content (AvgIpc) is 2.42. The van der Waals surface area contributed by atoms with Crippen LogP contribution in [0.3, 0.4) is 0 Å². The lowest BCUT2D eigenvalue weighted by Gasteiger charge is -2.04. The van der Waals surface area contributed by atoms with E-state index in [0.717, 1.165) is 0 Å². The van der Waals surface area contributed by atoms with Gasteiger partial charge in [-0.05, 0) is 23.8 Å². The van der Waals surface area contributed by atoms with Gasteiger partial charge in [-0.15, -0.1) is 0 Å². The number of aliphatic carboxylic acids is 1. The summed E-state index contributed by atoms with van der Waals surface area (Å²) in [6.07, 6.45) is 1.35. The first-order valence-electron chi connectivity index (χ1n) is 5.30. The Bertz CT molecular complexity index is 541. The normalized spacial score (nSPS) is 10.4. The van der Waals surface area contributed by atoms with Crippen molar-refractivity contribution >= 4 is 18.0 Å². The lowest BCUT2D eigenvalue weighted by Crippen LogP contribution is -2.38. The number of carbonyl (C=O) groups is 2. The van der Waals surface area contributed by atoms with Crippen molar-refractivity contribution in [2.45, 2.75) is 0 Å². The molecule has 0 heterocycles. The van der Waals surface area contributed by atoms with Crippen LogP contribution in [0.1, 0.15) is 5.56 Å². The Balaban J connectivity index is 2.83. The molecule has 0 radical (unpaired) electrons. The van der Waals surface area contributed by atoms with Crippen LogP contribution in [-0.2, 0) is 9.59 Å². The molecule has 0 aliphatic carbocycles. The summed E-state index contributed by atoms with van der Waals surface area (Å²) in [5.41, 5.74) is 0.437. The minimum Gasteiger partial charge on any atom is -0.548 e. The first-order valence-corrected chi connectivity index (χ1v) is 5.30. The zero-order chi connectivity index (χ0) is 14.3. The SMILES string of the molecule is COc1ccc(/C=C(\C#N)C(=O)NCC(=O)[O-])cc1. The lowest BCUT2D eigenvalue weighted by molar-refractivity contribution is -0.303. The van der Waals surface area contributed by atoms with Gasteiger partial charge in [0, 0.05) is 0 Å². The second kappa shape index (κ2) is 6.81. The summed E-state index contributed by atoms with van der Waals surface area (Å²) in [7, 11) is 1.53. The number of nitrogens with one attached hydrogen (secondary N) is 1. The van der Waals surface area contributed by atoms with Crippen LogP contribution in [-0.4, -0.2) is 25.5 Å². The van der Waals surface area contributed by atoms with Crippen LogP contribution >= 0.6 is 0 Å². The number of methoxy groups -OCH3 is 1. The maximum absolute atomic E-state index is 11.5. The van der Waals surface area contributed by atoms with Gasteiger partial charge >= 0.3 is 0 Å². The van der Waals surface area contributed by atoms with Gasteiger partial charge in [0.15, 0.2) is 0 Å². The van der Waals surface area contributed by atoms with E-state index in [4.69, 9.17) is 10.00 Å². The maximum Gasteiger partial charge on any atom is 0.262 e. The number of carboxylic acids is 1.